The van der Waals surface area contributed by atoms with E-state index in [9.17, 15) is 0 Å². The van der Waals surface area contributed by atoms with E-state index in [1.165, 1.54) is 25.8 Å². The van der Waals surface area contributed by atoms with Gasteiger partial charge in [0.05, 0.1) is 0 Å². The Morgan fingerprint density at radius 3 is 1.95 bits per heavy atom. The molecule has 0 amide bonds. The third-order valence-corrected chi connectivity index (χ3v) is 4.90. The van der Waals surface area contributed by atoms with Gasteiger partial charge >= 0.3 is 0 Å². The molecule has 0 aromatic heterocycles. The van der Waals surface area contributed by atoms with E-state index in [1.807, 2.05) is 0 Å². The van der Waals surface area contributed by atoms with Crippen LogP contribution in [0.25, 0.3) is 0 Å². The van der Waals surface area contributed by atoms with Gasteiger partial charge in [0.1, 0.15) is 0 Å². The second kappa shape index (κ2) is 9.72. The molecular weight excluding hydrogens is 248 g/mol. The predicted octanol–water partition coefficient (Wildman–Crippen LogP) is 1.29. The number of hydrogen-bond acceptors (Lipinski definition) is 4. The van der Waals surface area contributed by atoms with Crippen LogP contribution < -0.4 is 16.0 Å². The summed E-state index contributed by atoms with van der Waals surface area (Å²) in [5.74, 6) is 0.654. The first kappa shape index (κ1) is 17.9. The summed E-state index contributed by atoms with van der Waals surface area (Å²) in [6, 6.07) is 0. The first-order valence-electron chi connectivity index (χ1n) is 8.38. The summed E-state index contributed by atoms with van der Waals surface area (Å²) >= 11 is 0. The van der Waals surface area contributed by atoms with Crippen molar-refractivity contribution in [3.05, 3.63) is 0 Å². The van der Waals surface area contributed by atoms with E-state index in [0.717, 1.165) is 39.3 Å². The molecule has 1 saturated heterocycles. The molecule has 0 aromatic carbocycles. The fraction of sp³-hybridized carbons (Fsp3) is 1.00. The van der Waals surface area contributed by atoms with E-state index < -0.39 is 0 Å². The SMILES string of the molecule is CC1CNCCCNCCCNCCCN(C)C1(C)C. The summed E-state index contributed by atoms with van der Waals surface area (Å²) in [6.45, 7) is 15.0. The van der Waals surface area contributed by atoms with E-state index in [-0.39, 0.29) is 5.54 Å². The van der Waals surface area contributed by atoms with Gasteiger partial charge in [-0.05, 0) is 91.9 Å². The highest BCUT2D eigenvalue weighted by molar-refractivity contribution is 4.86. The standard InChI is InChI=1S/C16H36N4/c1-15-14-19-11-6-10-17-8-5-9-18-12-7-13-20(4)16(15,2)3/h15,17-19H,5-14H2,1-4H3. The van der Waals surface area contributed by atoms with Crippen molar-refractivity contribution in [3.63, 3.8) is 0 Å². The molecule has 120 valence electrons. The smallest absolute Gasteiger partial charge is 0.0187 e. The van der Waals surface area contributed by atoms with Gasteiger partial charge in [-0.25, -0.2) is 0 Å². The Bertz CT molecular complexity index is 221. The van der Waals surface area contributed by atoms with Crippen molar-refractivity contribution in [2.45, 2.75) is 45.6 Å². The molecule has 4 nitrogen and oxygen atoms in total. The lowest BCUT2D eigenvalue weighted by Crippen LogP contribution is -2.50. The molecule has 0 spiro atoms. The molecule has 1 aliphatic rings. The topological polar surface area (TPSA) is 39.3 Å². The molecule has 1 rings (SSSR count). The van der Waals surface area contributed by atoms with Crippen LogP contribution in [0.2, 0.25) is 0 Å². The molecular formula is C16H36N4. The zero-order valence-electron chi connectivity index (χ0n) is 14.1. The Hall–Kier alpha value is -0.160. The van der Waals surface area contributed by atoms with Gasteiger partial charge in [0.15, 0.2) is 0 Å². The average Bonchev–Trinajstić information content (AvgIpc) is 2.42. The molecule has 1 heterocycles. The highest BCUT2D eigenvalue weighted by Gasteiger charge is 2.29. The molecule has 0 aromatic rings. The van der Waals surface area contributed by atoms with Crippen molar-refractivity contribution in [1.29, 1.82) is 0 Å². The maximum absolute atomic E-state index is 3.61. The second-order valence-corrected chi connectivity index (χ2v) is 6.74. The minimum Gasteiger partial charge on any atom is -0.317 e. The molecule has 1 fully saturated rings. The molecule has 3 N–H and O–H groups in total. The summed E-state index contributed by atoms with van der Waals surface area (Å²) < 4.78 is 0. The molecule has 0 bridgehead atoms. The number of hydrogen-bond donors (Lipinski definition) is 3. The first-order valence-corrected chi connectivity index (χ1v) is 8.38. The minimum atomic E-state index is 0.252. The molecule has 20 heavy (non-hydrogen) atoms. The van der Waals surface area contributed by atoms with E-state index in [4.69, 9.17) is 0 Å². The van der Waals surface area contributed by atoms with Gasteiger partial charge < -0.3 is 20.9 Å². The molecule has 0 radical (unpaired) electrons. The van der Waals surface area contributed by atoms with E-state index in [1.54, 1.807) is 0 Å². The van der Waals surface area contributed by atoms with Crippen LogP contribution in [0.15, 0.2) is 0 Å². The Labute approximate surface area is 126 Å². The number of nitrogens with zero attached hydrogens (tertiary/aromatic N) is 1. The summed E-state index contributed by atoms with van der Waals surface area (Å²) in [7, 11) is 2.27. The normalized spacial score (nSPS) is 29.1. The molecule has 1 unspecified atom stereocenters. The van der Waals surface area contributed by atoms with Crippen LogP contribution in [0.5, 0.6) is 0 Å². The van der Waals surface area contributed by atoms with Crippen LogP contribution >= 0.6 is 0 Å². The molecule has 4 heteroatoms. The molecule has 1 aliphatic heterocycles. The zero-order chi connectivity index (χ0) is 14.8. The van der Waals surface area contributed by atoms with Crippen LogP contribution in [0.3, 0.4) is 0 Å². The first-order chi connectivity index (χ1) is 9.55. The van der Waals surface area contributed by atoms with Crippen molar-refractivity contribution in [2.24, 2.45) is 5.92 Å². The van der Waals surface area contributed by atoms with Crippen molar-refractivity contribution in [1.82, 2.24) is 20.9 Å². The molecule has 0 aliphatic carbocycles. The lowest BCUT2D eigenvalue weighted by atomic mass is 9.87. The van der Waals surface area contributed by atoms with Crippen LogP contribution in [0, 0.1) is 5.92 Å². The minimum absolute atomic E-state index is 0.252. The quantitative estimate of drug-likeness (QED) is 0.627. The number of rotatable bonds is 0. The third kappa shape index (κ3) is 6.53. The largest absolute Gasteiger partial charge is 0.317 e. The summed E-state index contributed by atoms with van der Waals surface area (Å²) in [6.07, 6.45) is 3.68. The Morgan fingerprint density at radius 2 is 1.35 bits per heavy atom. The van der Waals surface area contributed by atoms with E-state index in [2.05, 4.69) is 48.7 Å². The monoisotopic (exact) mass is 284 g/mol. The van der Waals surface area contributed by atoms with E-state index in [0.29, 0.717) is 5.92 Å². The maximum Gasteiger partial charge on any atom is 0.0187 e. The lowest BCUT2D eigenvalue weighted by molar-refractivity contribution is 0.0951. The summed E-state index contributed by atoms with van der Waals surface area (Å²) in [5, 5.41) is 10.7. The van der Waals surface area contributed by atoms with E-state index >= 15 is 0 Å². The highest BCUT2D eigenvalue weighted by atomic mass is 15.2. The highest BCUT2D eigenvalue weighted by Crippen LogP contribution is 2.22. The van der Waals surface area contributed by atoms with Gasteiger partial charge in [-0.2, -0.15) is 0 Å². The average molecular weight is 284 g/mol. The fourth-order valence-electron chi connectivity index (χ4n) is 2.60. The van der Waals surface area contributed by atoms with Crippen molar-refractivity contribution in [2.75, 3.05) is 52.9 Å². The molecule has 0 saturated carbocycles. The van der Waals surface area contributed by atoms with Crippen LogP contribution in [-0.2, 0) is 0 Å². The van der Waals surface area contributed by atoms with Crippen LogP contribution in [0.4, 0.5) is 0 Å². The lowest BCUT2D eigenvalue weighted by Gasteiger charge is -2.41. The maximum atomic E-state index is 3.61. The second-order valence-electron chi connectivity index (χ2n) is 6.74. The number of nitrogens with one attached hydrogen (secondary N) is 3. The van der Waals surface area contributed by atoms with Gasteiger partial charge in [-0.1, -0.05) is 6.92 Å². The van der Waals surface area contributed by atoms with Crippen LogP contribution in [-0.4, -0.2) is 63.3 Å². The van der Waals surface area contributed by atoms with Crippen LogP contribution in [0.1, 0.15) is 40.0 Å². The Balaban J connectivity index is 2.43. The third-order valence-electron chi connectivity index (χ3n) is 4.90. The van der Waals surface area contributed by atoms with Gasteiger partial charge in [0, 0.05) is 5.54 Å². The van der Waals surface area contributed by atoms with Gasteiger partial charge in [-0.15, -0.1) is 0 Å². The van der Waals surface area contributed by atoms with Gasteiger partial charge in [-0.3, -0.25) is 0 Å². The van der Waals surface area contributed by atoms with Crippen molar-refractivity contribution < 1.29 is 0 Å². The van der Waals surface area contributed by atoms with Crippen molar-refractivity contribution in [3.8, 4) is 0 Å². The van der Waals surface area contributed by atoms with Crippen molar-refractivity contribution >= 4 is 0 Å². The zero-order valence-corrected chi connectivity index (χ0v) is 14.1. The van der Waals surface area contributed by atoms with Gasteiger partial charge in [0.25, 0.3) is 0 Å². The Kier molecular flexibility index (Phi) is 8.69. The fourth-order valence-corrected chi connectivity index (χ4v) is 2.60. The predicted molar refractivity (Wildman–Crippen MR) is 88.3 cm³/mol. The molecule has 1 atom stereocenters. The Morgan fingerprint density at radius 1 is 0.850 bits per heavy atom. The summed E-state index contributed by atoms with van der Waals surface area (Å²) in [4.78, 5) is 2.52. The summed E-state index contributed by atoms with van der Waals surface area (Å²) in [5.41, 5.74) is 0.252. The van der Waals surface area contributed by atoms with Gasteiger partial charge in [0.2, 0.25) is 0 Å².